The third-order valence-electron chi connectivity index (χ3n) is 3.33. The van der Waals surface area contributed by atoms with Crippen LogP contribution >= 0.6 is 0 Å². The van der Waals surface area contributed by atoms with E-state index < -0.39 is 0 Å². The number of nitrogens with one attached hydrogen (secondary N) is 1. The maximum Gasteiger partial charge on any atom is 0.323 e. The lowest BCUT2D eigenvalue weighted by Gasteiger charge is -2.32. The summed E-state index contributed by atoms with van der Waals surface area (Å²) in [5.41, 5.74) is 0. The van der Waals surface area contributed by atoms with E-state index in [4.69, 9.17) is 14.2 Å². The third-order valence-corrected chi connectivity index (χ3v) is 3.33. The Balaban J connectivity index is 2.26. The van der Waals surface area contributed by atoms with Crippen LogP contribution in [0.2, 0.25) is 0 Å². The Morgan fingerprint density at radius 2 is 2.00 bits per heavy atom. The van der Waals surface area contributed by atoms with Crippen LogP contribution in [-0.2, 0) is 19.0 Å². The standard InChI is InChI=1S/C14H27NO4/c1-5-17-14(16)13(15-4)6-7-18-12-8-10(2)19-11(3)9-12/h10-13,15H,5-9H2,1-4H3. The van der Waals surface area contributed by atoms with Crippen LogP contribution in [0.3, 0.4) is 0 Å². The van der Waals surface area contributed by atoms with Gasteiger partial charge in [0.05, 0.1) is 24.9 Å². The molecular formula is C14H27NO4. The monoisotopic (exact) mass is 273 g/mol. The minimum absolute atomic E-state index is 0.206. The van der Waals surface area contributed by atoms with Gasteiger partial charge in [-0.05, 0) is 47.1 Å². The number of esters is 1. The van der Waals surface area contributed by atoms with E-state index in [9.17, 15) is 4.79 Å². The molecule has 1 fully saturated rings. The highest BCUT2D eigenvalue weighted by Crippen LogP contribution is 2.21. The molecule has 112 valence electrons. The zero-order valence-corrected chi connectivity index (χ0v) is 12.5. The normalized spacial score (nSPS) is 28.9. The van der Waals surface area contributed by atoms with Crippen molar-refractivity contribution >= 4 is 5.97 Å². The van der Waals surface area contributed by atoms with Crippen LogP contribution in [-0.4, -0.2) is 50.6 Å². The maximum absolute atomic E-state index is 11.6. The number of likely N-dealkylation sites (N-methyl/N-ethyl adjacent to an activating group) is 1. The molecule has 0 bridgehead atoms. The summed E-state index contributed by atoms with van der Waals surface area (Å²) in [6.45, 7) is 6.93. The van der Waals surface area contributed by atoms with Crippen LogP contribution in [0.15, 0.2) is 0 Å². The predicted molar refractivity (Wildman–Crippen MR) is 73.1 cm³/mol. The van der Waals surface area contributed by atoms with Gasteiger partial charge in [0.2, 0.25) is 0 Å². The average Bonchev–Trinajstić information content (AvgIpc) is 2.33. The van der Waals surface area contributed by atoms with Gasteiger partial charge in [-0.2, -0.15) is 0 Å². The van der Waals surface area contributed by atoms with Crippen molar-refractivity contribution in [3.8, 4) is 0 Å². The summed E-state index contributed by atoms with van der Waals surface area (Å²) in [6.07, 6.45) is 3.22. The van der Waals surface area contributed by atoms with E-state index in [1.165, 1.54) is 0 Å². The Kier molecular flexibility index (Phi) is 7.34. The summed E-state index contributed by atoms with van der Waals surface area (Å²) in [5, 5.41) is 2.96. The second-order valence-electron chi connectivity index (χ2n) is 5.10. The molecule has 0 aromatic carbocycles. The molecule has 0 amide bonds. The summed E-state index contributed by atoms with van der Waals surface area (Å²) < 4.78 is 16.5. The van der Waals surface area contributed by atoms with Crippen LogP contribution in [0.1, 0.15) is 40.0 Å². The molecule has 0 spiro atoms. The summed E-state index contributed by atoms with van der Waals surface area (Å²) in [4.78, 5) is 11.6. The average molecular weight is 273 g/mol. The highest BCUT2D eigenvalue weighted by Gasteiger charge is 2.25. The second kappa shape index (κ2) is 8.51. The third kappa shape index (κ3) is 5.89. The van der Waals surface area contributed by atoms with E-state index in [2.05, 4.69) is 19.2 Å². The van der Waals surface area contributed by atoms with E-state index in [-0.39, 0.29) is 30.3 Å². The molecule has 5 heteroatoms. The molecule has 1 heterocycles. The van der Waals surface area contributed by atoms with Crippen molar-refractivity contribution in [1.82, 2.24) is 5.32 Å². The zero-order chi connectivity index (χ0) is 14.3. The second-order valence-corrected chi connectivity index (χ2v) is 5.10. The van der Waals surface area contributed by atoms with Crippen molar-refractivity contribution < 1.29 is 19.0 Å². The van der Waals surface area contributed by atoms with Gasteiger partial charge in [0, 0.05) is 6.61 Å². The van der Waals surface area contributed by atoms with Crippen LogP contribution in [0.5, 0.6) is 0 Å². The largest absolute Gasteiger partial charge is 0.465 e. The Hall–Kier alpha value is -0.650. The van der Waals surface area contributed by atoms with Crippen molar-refractivity contribution in [1.29, 1.82) is 0 Å². The SMILES string of the molecule is CCOC(=O)C(CCOC1CC(C)OC(C)C1)NC. The quantitative estimate of drug-likeness (QED) is 0.712. The lowest BCUT2D eigenvalue weighted by Crippen LogP contribution is -2.38. The van der Waals surface area contributed by atoms with Crippen molar-refractivity contribution in [3.05, 3.63) is 0 Å². The molecule has 0 aromatic rings. The smallest absolute Gasteiger partial charge is 0.323 e. The Labute approximate surface area is 116 Å². The van der Waals surface area contributed by atoms with Gasteiger partial charge in [-0.25, -0.2) is 0 Å². The molecule has 19 heavy (non-hydrogen) atoms. The molecule has 1 saturated heterocycles. The molecule has 0 radical (unpaired) electrons. The van der Waals surface area contributed by atoms with Crippen molar-refractivity contribution in [2.45, 2.75) is 64.4 Å². The fourth-order valence-electron chi connectivity index (χ4n) is 2.46. The van der Waals surface area contributed by atoms with Gasteiger partial charge in [-0.3, -0.25) is 4.79 Å². The fraction of sp³-hybridized carbons (Fsp3) is 0.929. The van der Waals surface area contributed by atoms with Gasteiger partial charge in [0.15, 0.2) is 0 Å². The first-order valence-corrected chi connectivity index (χ1v) is 7.17. The highest BCUT2D eigenvalue weighted by molar-refractivity contribution is 5.75. The number of hydrogen-bond acceptors (Lipinski definition) is 5. The van der Waals surface area contributed by atoms with Gasteiger partial charge >= 0.3 is 5.97 Å². The van der Waals surface area contributed by atoms with E-state index in [1.54, 1.807) is 7.05 Å². The van der Waals surface area contributed by atoms with Gasteiger partial charge < -0.3 is 19.5 Å². The van der Waals surface area contributed by atoms with Crippen LogP contribution in [0, 0.1) is 0 Å². The molecular weight excluding hydrogens is 246 g/mol. The zero-order valence-electron chi connectivity index (χ0n) is 12.5. The molecule has 1 rings (SSSR count). The molecule has 1 aliphatic rings. The van der Waals surface area contributed by atoms with Gasteiger partial charge in [0.25, 0.3) is 0 Å². The van der Waals surface area contributed by atoms with E-state index in [0.29, 0.717) is 19.6 Å². The van der Waals surface area contributed by atoms with Crippen molar-refractivity contribution in [3.63, 3.8) is 0 Å². The molecule has 1 aliphatic heterocycles. The summed E-state index contributed by atoms with van der Waals surface area (Å²) in [7, 11) is 1.76. The van der Waals surface area contributed by atoms with Gasteiger partial charge in [-0.15, -0.1) is 0 Å². The molecule has 3 atom stereocenters. The molecule has 0 aliphatic carbocycles. The number of carbonyl (C=O) groups is 1. The van der Waals surface area contributed by atoms with E-state index in [1.807, 2.05) is 6.92 Å². The molecule has 5 nitrogen and oxygen atoms in total. The maximum atomic E-state index is 11.6. The lowest BCUT2D eigenvalue weighted by atomic mass is 10.0. The van der Waals surface area contributed by atoms with Crippen molar-refractivity contribution in [2.75, 3.05) is 20.3 Å². The van der Waals surface area contributed by atoms with E-state index in [0.717, 1.165) is 12.8 Å². The van der Waals surface area contributed by atoms with Gasteiger partial charge in [0.1, 0.15) is 6.04 Å². The van der Waals surface area contributed by atoms with Crippen LogP contribution in [0.25, 0.3) is 0 Å². The first-order chi connectivity index (χ1) is 9.06. The van der Waals surface area contributed by atoms with Crippen LogP contribution < -0.4 is 5.32 Å². The minimum atomic E-state index is -0.283. The van der Waals surface area contributed by atoms with Gasteiger partial charge in [-0.1, -0.05) is 0 Å². The topological polar surface area (TPSA) is 56.8 Å². The minimum Gasteiger partial charge on any atom is -0.465 e. The molecule has 1 N–H and O–H groups in total. The lowest BCUT2D eigenvalue weighted by molar-refractivity contribution is -0.146. The summed E-state index contributed by atoms with van der Waals surface area (Å²) >= 11 is 0. The molecule has 0 aromatic heterocycles. The molecule has 3 unspecified atom stereocenters. The van der Waals surface area contributed by atoms with Crippen molar-refractivity contribution in [2.24, 2.45) is 0 Å². The number of hydrogen-bond donors (Lipinski definition) is 1. The Morgan fingerprint density at radius 3 is 2.53 bits per heavy atom. The summed E-state index contributed by atoms with van der Waals surface area (Å²) in [6, 6.07) is -0.283. The first kappa shape index (κ1) is 16.4. The predicted octanol–water partition coefficient (Wildman–Crippen LogP) is 1.50. The fourth-order valence-corrected chi connectivity index (χ4v) is 2.46. The number of carbonyl (C=O) groups excluding carboxylic acids is 1. The molecule has 0 saturated carbocycles. The summed E-state index contributed by atoms with van der Waals surface area (Å²) in [5.74, 6) is -0.206. The highest BCUT2D eigenvalue weighted by atomic mass is 16.5. The number of rotatable bonds is 7. The Bertz CT molecular complexity index is 262. The van der Waals surface area contributed by atoms with E-state index >= 15 is 0 Å². The first-order valence-electron chi connectivity index (χ1n) is 7.17. The number of ether oxygens (including phenoxy) is 3. The Morgan fingerprint density at radius 1 is 1.37 bits per heavy atom. The van der Waals surface area contributed by atoms with Crippen LogP contribution in [0.4, 0.5) is 0 Å².